The van der Waals surface area contributed by atoms with Crippen molar-refractivity contribution in [2.24, 2.45) is 5.92 Å². The van der Waals surface area contributed by atoms with E-state index in [0.717, 1.165) is 30.3 Å². The van der Waals surface area contributed by atoms with Crippen molar-refractivity contribution in [3.8, 4) is 16.9 Å². The number of alkyl halides is 5. The molecule has 0 radical (unpaired) electrons. The van der Waals surface area contributed by atoms with E-state index in [1.54, 1.807) is 0 Å². The van der Waals surface area contributed by atoms with Crippen LogP contribution in [0.3, 0.4) is 0 Å². The van der Waals surface area contributed by atoms with Crippen molar-refractivity contribution in [3.63, 3.8) is 0 Å². The Morgan fingerprint density at radius 2 is 2.00 bits per heavy atom. The van der Waals surface area contributed by atoms with E-state index in [1.807, 2.05) is 0 Å². The third-order valence-corrected chi connectivity index (χ3v) is 4.65. The van der Waals surface area contributed by atoms with Gasteiger partial charge in [-0.2, -0.15) is 18.3 Å². The summed E-state index contributed by atoms with van der Waals surface area (Å²) in [6.45, 7) is -0.206. The first-order chi connectivity index (χ1) is 13.5. The molecule has 0 N–H and O–H groups in total. The molecule has 1 unspecified atom stereocenters. The molecule has 29 heavy (non-hydrogen) atoms. The van der Waals surface area contributed by atoms with Gasteiger partial charge in [0, 0.05) is 36.7 Å². The number of ether oxygens (including phenoxy) is 1. The van der Waals surface area contributed by atoms with Crippen molar-refractivity contribution >= 4 is 5.65 Å². The largest absolute Gasteiger partial charge is 0.493 e. The van der Waals surface area contributed by atoms with Gasteiger partial charge in [-0.05, 0) is 0 Å². The summed E-state index contributed by atoms with van der Waals surface area (Å²) in [5.41, 5.74) is -4.25. The fourth-order valence-electron chi connectivity index (χ4n) is 3.05. The minimum Gasteiger partial charge on any atom is -0.493 e. The Morgan fingerprint density at radius 3 is 2.59 bits per heavy atom. The summed E-state index contributed by atoms with van der Waals surface area (Å²) < 4.78 is 87.3. The molecule has 3 aromatic rings. The molecule has 1 aliphatic rings. The first kappa shape index (κ1) is 19.3. The molecule has 1 fully saturated rings. The summed E-state index contributed by atoms with van der Waals surface area (Å²) in [6, 6.07) is 0.869. The van der Waals surface area contributed by atoms with Crippen molar-refractivity contribution in [2.75, 3.05) is 7.11 Å². The molecule has 6 nitrogen and oxygen atoms in total. The fraction of sp³-hybridized carbons (Fsp3) is 0.353. The van der Waals surface area contributed by atoms with Crippen LogP contribution in [0.5, 0.6) is 5.75 Å². The number of rotatable bonds is 4. The summed E-state index contributed by atoms with van der Waals surface area (Å²) in [5, 5.41) is 3.77. The van der Waals surface area contributed by atoms with Crippen molar-refractivity contribution in [3.05, 3.63) is 46.5 Å². The second-order valence-electron chi connectivity index (χ2n) is 6.67. The summed E-state index contributed by atoms with van der Waals surface area (Å²) >= 11 is 0. The van der Waals surface area contributed by atoms with Crippen LogP contribution in [-0.4, -0.2) is 32.2 Å². The molecule has 1 saturated carbocycles. The maximum absolute atomic E-state index is 14.0. The smallest absolute Gasteiger partial charge is 0.434 e. The zero-order valence-corrected chi connectivity index (χ0v) is 14.7. The number of hydrogen-bond acceptors (Lipinski definition) is 4. The molecular formula is C17H12F6N4O2. The second kappa shape index (κ2) is 6.22. The van der Waals surface area contributed by atoms with Gasteiger partial charge in [-0.15, -0.1) is 0 Å². The average molecular weight is 418 g/mol. The summed E-state index contributed by atoms with van der Waals surface area (Å²) in [4.78, 5) is 16.2. The lowest BCUT2D eigenvalue weighted by Gasteiger charge is -2.13. The average Bonchev–Trinajstić information content (AvgIpc) is 3.01. The standard InChI is InChI=1S/C17H12F6N4O2/c1-29-11-2-12-25-14(17(21,22)23)13(15(28)27(12)7-10(11)18)8-4-24-26(5-8)6-9-3-16(9,19)20/h2,4-5,7,9H,3,6H2,1H3. The summed E-state index contributed by atoms with van der Waals surface area (Å²) in [6.07, 6.45) is -2.65. The number of pyridine rings is 1. The SMILES string of the molecule is COc1cc2nc(C(F)(F)F)c(-c3cnn(CC4CC4(F)F)c3)c(=O)n2cc1F. The highest BCUT2D eigenvalue weighted by atomic mass is 19.4. The van der Waals surface area contributed by atoms with Crippen LogP contribution in [0.25, 0.3) is 16.8 Å². The third kappa shape index (κ3) is 3.32. The first-order valence-electron chi connectivity index (χ1n) is 8.29. The topological polar surface area (TPSA) is 61.4 Å². The summed E-state index contributed by atoms with van der Waals surface area (Å²) in [7, 11) is 1.11. The van der Waals surface area contributed by atoms with Crippen LogP contribution in [0.1, 0.15) is 12.1 Å². The first-order valence-corrected chi connectivity index (χ1v) is 8.29. The van der Waals surface area contributed by atoms with Gasteiger partial charge in [0.25, 0.3) is 11.5 Å². The minimum atomic E-state index is -5.00. The Hall–Kier alpha value is -3.05. The van der Waals surface area contributed by atoms with Crippen LogP contribution in [0.4, 0.5) is 26.3 Å². The van der Waals surface area contributed by atoms with Gasteiger partial charge in [0.2, 0.25) is 0 Å². The molecule has 12 heteroatoms. The molecule has 0 bridgehead atoms. The zero-order chi connectivity index (χ0) is 21.1. The number of aromatic nitrogens is 4. The fourth-order valence-corrected chi connectivity index (χ4v) is 3.05. The Bertz CT molecular complexity index is 1170. The Kier molecular flexibility index (Phi) is 4.14. The normalized spacial score (nSPS) is 18.2. The van der Waals surface area contributed by atoms with Crippen LogP contribution in [-0.2, 0) is 12.7 Å². The third-order valence-electron chi connectivity index (χ3n) is 4.65. The highest BCUT2D eigenvalue weighted by molar-refractivity contribution is 5.66. The van der Waals surface area contributed by atoms with E-state index in [1.165, 1.54) is 0 Å². The molecule has 0 aromatic carbocycles. The van der Waals surface area contributed by atoms with Crippen molar-refractivity contribution in [1.29, 1.82) is 0 Å². The number of nitrogens with zero attached hydrogens (tertiary/aromatic N) is 4. The van der Waals surface area contributed by atoms with E-state index in [-0.39, 0.29) is 24.3 Å². The summed E-state index contributed by atoms with van der Waals surface area (Å²) in [5.74, 6) is -5.14. The zero-order valence-electron chi connectivity index (χ0n) is 14.7. The number of hydrogen-bond donors (Lipinski definition) is 0. The van der Waals surface area contributed by atoms with E-state index in [2.05, 4.69) is 10.1 Å². The van der Waals surface area contributed by atoms with Crippen LogP contribution < -0.4 is 10.3 Å². The van der Waals surface area contributed by atoms with Gasteiger partial charge in [-0.3, -0.25) is 13.9 Å². The number of methoxy groups -OCH3 is 1. The number of fused-ring (bicyclic) bond motifs is 1. The van der Waals surface area contributed by atoms with Gasteiger partial charge >= 0.3 is 6.18 Å². The molecule has 0 spiro atoms. The molecule has 0 amide bonds. The predicted molar refractivity (Wildman–Crippen MR) is 87.2 cm³/mol. The Morgan fingerprint density at radius 1 is 1.31 bits per heavy atom. The van der Waals surface area contributed by atoms with Crippen LogP contribution in [0.2, 0.25) is 0 Å². The lowest BCUT2D eigenvalue weighted by molar-refractivity contribution is -0.140. The predicted octanol–water partition coefficient (Wildman–Crippen LogP) is 3.38. The maximum atomic E-state index is 14.0. The van der Waals surface area contributed by atoms with Gasteiger partial charge in [-0.25, -0.2) is 18.2 Å². The molecule has 3 aromatic heterocycles. The molecule has 0 saturated heterocycles. The van der Waals surface area contributed by atoms with Gasteiger partial charge in [0.05, 0.1) is 25.1 Å². The van der Waals surface area contributed by atoms with E-state index in [0.29, 0.717) is 10.6 Å². The molecular weight excluding hydrogens is 406 g/mol. The lowest BCUT2D eigenvalue weighted by atomic mass is 10.1. The number of halogens is 6. The van der Waals surface area contributed by atoms with Crippen molar-refractivity contribution in [2.45, 2.75) is 25.1 Å². The van der Waals surface area contributed by atoms with E-state index >= 15 is 0 Å². The monoisotopic (exact) mass is 418 g/mol. The van der Waals surface area contributed by atoms with Gasteiger partial charge in [0.1, 0.15) is 5.65 Å². The lowest BCUT2D eigenvalue weighted by Crippen LogP contribution is -2.24. The van der Waals surface area contributed by atoms with Gasteiger partial charge in [-0.1, -0.05) is 0 Å². The van der Waals surface area contributed by atoms with Crippen LogP contribution in [0, 0.1) is 11.7 Å². The molecule has 0 aliphatic heterocycles. The van der Waals surface area contributed by atoms with Crippen molar-refractivity contribution < 1.29 is 31.1 Å². The van der Waals surface area contributed by atoms with E-state index < -0.39 is 46.3 Å². The highest BCUT2D eigenvalue weighted by Crippen LogP contribution is 2.49. The van der Waals surface area contributed by atoms with E-state index in [9.17, 15) is 31.1 Å². The van der Waals surface area contributed by atoms with Crippen LogP contribution in [0.15, 0.2) is 29.5 Å². The Balaban J connectivity index is 1.88. The van der Waals surface area contributed by atoms with Crippen LogP contribution >= 0.6 is 0 Å². The molecule has 154 valence electrons. The molecule has 3 heterocycles. The maximum Gasteiger partial charge on any atom is 0.434 e. The van der Waals surface area contributed by atoms with Crippen molar-refractivity contribution in [1.82, 2.24) is 19.2 Å². The molecule has 1 atom stereocenters. The van der Waals surface area contributed by atoms with E-state index in [4.69, 9.17) is 4.74 Å². The quantitative estimate of drug-likeness (QED) is 0.610. The minimum absolute atomic E-state index is 0.206. The Labute approximate surface area is 158 Å². The highest BCUT2D eigenvalue weighted by Gasteiger charge is 2.56. The molecule has 1 aliphatic carbocycles. The van der Waals surface area contributed by atoms with Gasteiger partial charge < -0.3 is 4.74 Å². The van der Waals surface area contributed by atoms with Gasteiger partial charge in [0.15, 0.2) is 17.3 Å². The second-order valence-corrected chi connectivity index (χ2v) is 6.67. The molecule has 4 rings (SSSR count).